The number of benzene rings is 1. The van der Waals surface area contributed by atoms with Gasteiger partial charge in [0, 0.05) is 12.6 Å². The van der Waals surface area contributed by atoms with Gasteiger partial charge in [0.1, 0.15) is 0 Å². The third kappa shape index (κ3) is 5.63. The molecule has 0 aliphatic heterocycles. The molecule has 0 aliphatic carbocycles. The van der Waals surface area contributed by atoms with E-state index in [0.717, 1.165) is 5.56 Å². The molecule has 1 aromatic rings. The Bertz CT molecular complexity index is 461. The Morgan fingerprint density at radius 3 is 2.52 bits per heavy atom. The maximum absolute atomic E-state index is 11.8. The minimum absolute atomic E-state index is 0.0287. The number of carbonyl (C=O) groups excluding carboxylic acids is 1. The van der Waals surface area contributed by atoms with Gasteiger partial charge in [-0.2, -0.15) is 0 Å². The number of ether oxygens (including phenoxy) is 2. The Morgan fingerprint density at radius 1 is 1.24 bits per heavy atom. The van der Waals surface area contributed by atoms with E-state index in [1.54, 1.807) is 6.07 Å². The monoisotopic (exact) mass is 294 g/mol. The molecule has 0 radical (unpaired) electrons. The van der Waals surface area contributed by atoms with Crippen LogP contribution in [-0.2, 0) is 11.3 Å². The topological polar surface area (TPSA) is 73.6 Å². The quantitative estimate of drug-likeness (QED) is 0.770. The van der Waals surface area contributed by atoms with Crippen molar-refractivity contribution in [3.8, 4) is 11.5 Å². The minimum Gasteiger partial charge on any atom is -0.490 e. The predicted molar refractivity (Wildman–Crippen MR) is 83.4 cm³/mol. The lowest BCUT2D eigenvalue weighted by Crippen LogP contribution is -2.38. The summed E-state index contributed by atoms with van der Waals surface area (Å²) in [5.41, 5.74) is 6.57. The van der Waals surface area contributed by atoms with Crippen LogP contribution in [0.4, 0.5) is 0 Å². The second kappa shape index (κ2) is 8.52. The Kier molecular flexibility index (Phi) is 7.02. The highest BCUT2D eigenvalue weighted by Crippen LogP contribution is 2.28. The fourth-order valence-corrected chi connectivity index (χ4v) is 1.67. The third-order valence-electron chi connectivity index (χ3n) is 3.29. The van der Waals surface area contributed by atoms with Crippen molar-refractivity contribution in [3.63, 3.8) is 0 Å². The number of rotatable bonds is 8. The molecule has 0 fully saturated rings. The summed E-state index contributed by atoms with van der Waals surface area (Å²) in [5, 5.41) is 2.90. The van der Waals surface area contributed by atoms with Crippen molar-refractivity contribution in [2.24, 2.45) is 11.7 Å². The summed E-state index contributed by atoms with van der Waals surface area (Å²) < 4.78 is 11.1. The number of nitrogens with two attached hydrogens (primary N) is 1. The van der Waals surface area contributed by atoms with Gasteiger partial charge in [-0.15, -0.1) is 0 Å². The summed E-state index contributed by atoms with van der Waals surface area (Å²) in [5.74, 6) is 1.42. The summed E-state index contributed by atoms with van der Waals surface area (Å²) in [4.78, 5) is 11.8. The molecule has 1 amide bonds. The van der Waals surface area contributed by atoms with Crippen molar-refractivity contribution >= 4 is 5.91 Å². The molecule has 1 aromatic carbocycles. The Hall–Kier alpha value is -1.75. The molecule has 1 unspecified atom stereocenters. The molecule has 1 rings (SSSR count). The van der Waals surface area contributed by atoms with E-state index in [2.05, 4.69) is 19.2 Å². The fraction of sp³-hybridized carbons (Fsp3) is 0.562. The van der Waals surface area contributed by atoms with Gasteiger partial charge in [0.25, 0.3) is 5.91 Å². The summed E-state index contributed by atoms with van der Waals surface area (Å²) in [7, 11) is 0. The lowest BCUT2D eigenvalue weighted by Gasteiger charge is -2.18. The molecule has 0 saturated heterocycles. The van der Waals surface area contributed by atoms with E-state index in [1.807, 2.05) is 26.0 Å². The predicted octanol–water partition coefficient (Wildman–Crippen LogP) is 2.08. The van der Waals surface area contributed by atoms with Gasteiger partial charge in [-0.05, 0) is 37.5 Å². The zero-order valence-corrected chi connectivity index (χ0v) is 13.3. The Balaban J connectivity index is 2.63. The smallest absolute Gasteiger partial charge is 0.258 e. The summed E-state index contributed by atoms with van der Waals surface area (Å²) in [6.07, 6.45) is 0. The van der Waals surface area contributed by atoms with Gasteiger partial charge in [0.15, 0.2) is 18.1 Å². The standard InChI is InChI=1S/C16H26N2O3/c1-5-20-15-8-13(9-17)6-7-14(15)21-10-16(19)18-12(4)11(2)3/h6-8,11-12H,5,9-10,17H2,1-4H3,(H,18,19). The zero-order chi connectivity index (χ0) is 15.8. The van der Waals surface area contributed by atoms with E-state index in [9.17, 15) is 4.79 Å². The number of nitrogens with one attached hydrogen (secondary N) is 1. The molecule has 21 heavy (non-hydrogen) atoms. The molecule has 0 aliphatic rings. The summed E-state index contributed by atoms with van der Waals surface area (Å²) in [6, 6.07) is 5.61. The minimum atomic E-state index is -0.137. The van der Waals surface area contributed by atoms with Crippen LogP contribution in [0.2, 0.25) is 0 Å². The first-order valence-electron chi connectivity index (χ1n) is 7.35. The molecule has 1 atom stereocenters. The van der Waals surface area contributed by atoms with E-state index in [1.165, 1.54) is 0 Å². The molecule has 0 saturated carbocycles. The molecular weight excluding hydrogens is 268 g/mol. The van der Waals surface area contributed by atoms with E-state index >= 15 is 0 Å². The molecule has 0 heterocycles. The Morgan fingerprint density at radius 2 is 1.95 bits per heavy atom. The van der Waals surface area contributed by atoms with Crippen LogP contribution in [0.3, 0.4) is 0 Å². The lowest BCUT2D eigenvalue weighted by molar-refractivity contribution is -0.124. The molecule has 5 nitrogen and oxygen atoms in total. The van der Waals surface area contributed by atoms with E-state index in [4.69, 9.17) is 15.2 Å². The molecule has 5 heteroatoms. The van der Waals surface area contributed by atoms with Crippen molar-refractivity contribution < 1.29 is 14.3 Å². The maximum atomic E-state index is 11.8. The average molecular weight is 294 g/mol. The van der Waals surface area contributed by atoms with Crippen molar-refractivity contribution in [1.82, 2.24) is 5.32 Å². The van der Waals surface area contributed by atoms with Crippen LogP contribution in [-0.4, -0.2) is 25.2 Å². The highest BCUT2D eigenvalue weighted by Gasteiger charge is 2.12. The first-order chi connectivity index (χ1) is 9.97. The number of hydrogen-bond donors (Lipinski definition) is 2. The zero-order valence-electron chi connectivity index (χ0n) is 13.3. The van der Waals surface area contributed by atoms with Crippen LogP contribution in [0.5, 0.6) is 11.5 Å². The van der Waals surface area contributed by atoms with Crippen LogP contribution in [0.1, 0.15) is 33.3 Å². The molecule has 0 spiro atoms. The van der Waals surface area contributed by atoms with Gasteiger partial charge >= 0.3 is 0 Å². The maximum Gasteiger partial charge on any atom is 0.258 e. The van der Waals surface area contributed by atoms with Crippen LogP contribution < -0.4 is 20.5 Å². The second-order valence-electron chi connectivity index (χ2n) is 5.31. The van der Waals surface area contributed by atoms with Crippen molar-refractivity contribution in [3.05, 3.63) is 23.8 Å². The number of hydrogen-bond acceptors (Lipinski definition) is 4. The van der Waals surface area contributed by atoms with Crippen molar-refractivity contribution in [2.45, 2.75) is 40.3 Å². The van der Waals surface area contributed by atoms with Gasteiger partial charge in [0.05, 0.1) is 6.61 Å². The van der Waals surface area contributed by atoms with E-state index in [0.29, 0.717) is 30.6 Å². The normalized spacial score (nSPS) is 12.1. The molecule has 118 valence electrons. The molecule has 3 N–H and O–H groups in total. The van der Waals surface area contributed by atoms with Crippen LogP contribution in [0.25, 0.3) is 0 Å². The lowest BCUT2D eigenvalue weighted by atomic mass is 10.1. The Labute approximate surface area is 126 Å². The molecular formula is C16H26N2O3. The average Bonchev–Trinajstić information content (AvgIpc) is 2.46. The summed E-state index contributed by atoms with van der Waals surface area (Å²) in [6.45, 7) is 8.93. The van der Waals surface area contributed by atoms with Crippen molar-refractivity contribution in [1.29, 1.82) is 0 Å². The van der Waals surface area contributed by atoms with Gasteiger partial charge in [-0.25, -0.2) is 0 Å². The highest BCUT2D eigenvalue weighted by atomic mass is 16.5. The first kappa shape index (κ1) is 17.3. The van der Waals surface area contributed by atoms with Crippen LogP contribution in [0, 0.1) is 5.92 Å². The van der Waals surface area contributed by atoms with Crippen LogP contribution >= 0.6 is 0 Å². The van der Waals surface area contributed by atoms with Crippen LogP contribution in [0.15, 0.2) is 18.2 Å². The third-order valence-corrected chi connectivity index (χ3v) is 3.29. The van der Waals surface area contributed by atoms with E-state index in [-0.39, 0.29) is 18.6 Å². The molecule has 0 bridgehead atoms. The van der Waals surface area contributed by atoms with Crippen molar-refractivity contribution in [2.75, 3.05) is 13.2 Å². The second-order valence-corrected chi connectivity index (χ2v) is 5.31. The SMILES string of the molecule is CCOc1cc(CN)ccc1OCC(=O)NC(C)C(C)C. The molecule has 0 aromatic heterocycles. The number of carbonyl (C=O) groups is 1. The van der Waals surface area contributed by atoms with Gasteiger partial charge in [-0.1, -0.05) is 19.9 Å². The number of amides is 1. The van der Waals surface area contributed by atoms with Gasteiger partial charge in [-0.3, -0.25) is 4.79 Å². The fourth-order valence-electron chi connectivity index (χ4n) is 1.67. The van der Waals surface area contributed by atoms with Gasteiger partial charge < -0.3 is 20.5 Å². The first-order valence-corrected chi connectivity index (χ1v) is 7.35. The van der Waals surface area contributed by atoms with Gasteiger partial charge in [0.2, 0.25) is 0 Å². The van der Waals surface area contributed by atoms with E-state index < -0.39 is 0 Å². The summed E-state index contributed by atoms with van der Waals surface area (Å²) >= 11 is 0. The largest absolute Gasteiger partial charge is 0.490 e. The highest BCUT2D eigenvalue weighted by molar-refractivity contribution is 5.77.